The summed E-state index contributed by atoms with van der Waals surface area (Å²) >= 11 is 0. The number of hydrogen-bond acceptors (Lipinski definition) is 5. The second-order valence-electron chi connectivity index (χ2n) is 7.63. The van der Waals surface area contributed by atoms with Crippen molar-refractivity contribution in [3.63, 3.8) is 0 Å². The van der Waals surface area contributed by atoms with Crippen LogP contribution in [0.5, 0.6) is 5.75 Å². The lowest BCUT2D eigenvalue weighted by Crippen LogP contribution is -2.49. The quantitative estimate of drug-likeness (QED) is 0.701. The van der Waals surface area contributed by atoms with E-state index in [9.17, 15) is 14.7 Å². The molecule has 0 aromatic heterocycles. The number of benzene rings is 1. The van der Waals surface area contributed by atoms with Crippen molar-refractivity contribution in [2.45, 2.75) is 38.8 Å². The predicted molar refractivity (Wildman–Crippen MR) is 103 cm³/mol. The first-order valence-corrected chi connectivity index (χ1v) is 9.63. The second-order valence-corrected chi connectivity index (χ2v) is 7.63. The lowest BCUT2D eigenvalue weighted by atomic mass is 9.99. The molecule has 2 aliphatic rings. The fraction of sp³-hybridized carbons (Fsp3) is 0.600. The molecule has 2 amide bonds. The number of carbonyl (C=O) groups is 2. The van der Waals surface area contributed by atoms with Crippen molar-refractivity contribution in [3.8, 4) is 5.75 Å². The summed E-state index contributed by atoms with van der Waals surface area (Å²) in [6.07, 6.45) is 1.64. The Bertz CT molecular complexity index is 704. The highest BCUT2D eigenvalue weighted by Gasteiger charge is 2.35. The highest BCUT2D eigenvalue weighted by atomic mass is 16.5. The van der Waals surface area contributed by atoms with Gasteiger partial charge in [0.15, 0.2) is 5.75 Å². The van der Waals surface area contributed by atoms with Gasteiger partial charge >= 0.3 is 0 Å². The van der Waals surface area contributed by atoms with Gasteiger partial charge in [-0.1, -0.05) is 13.0 Å². The predicted octanol–water partition coefficient (Wildman–Crippen LogP) is 1.47. The molecular formula is C20H29N3O4. The number of nitrogens with one attached hydrogen (secondary N) is 2. The average Bonchev–Trinajstić information content (AvgIpc) is 3.50. The fourth-order valence-corrected chi connectivity index (χ4v) is 3.37. The van der Waals surface area contributed by atoms with E-state index < -0.39 is 0 Å². The van der Waals surface area contributed by atoms with Crippen molar-refractivity contribution >= 4 is 17.5 Å². The molecular weight excluding hydrogens is 346 g/mol. The van der Waals surface area contributed by atoms with Gasteiger partial charge in [0.1, 0.15) is 6.10 Å². The Morgan fingerprint density at radius 3 is 2.78 bits per heavy atom. The van der Waals surface area contributed by atoms with Crippen molar-refractivity contribution in [1.82, 2.24) is 10.2 Å². The zero-order chi connectivity index (χ0) is 19.6. The number of amides is 2. The molecule has 1 aliphatic heterocycles. The van der Waals surface area contributed by atoms with Gasteiger partial charge < -0.3 is 25.4 Å². The van der Waals surface area contributed by atoms with E-state index in [1.165, 1.54) is 0 Å². The third-order valence-electron chi connectivity index (χ3n) is 5.30. The Balaban J connectivity index is 2.01. The Kier molecular flexibility index (Phi) is 6.01. The maximum absolute atomic E-state index is 13.2. The van der Waals surface area contributed by atoms with Gasteiger partial charge in [0.2, 0.25) is 5.91 Å². The lowest BCUT2D eigenvalue weighted by molar-refractivity contribution is -0.117. The summed E-state index contributed by atoms with van der Waals surface area (Å²) in [5.41, 5.74) is 0.946. The summed E-state index contributed by atoms with van der Waals surface area (Å²) in [5.74, 6) is 0.307. The van der Waals surface area contributed by atoms with Crippen LogP contribution in [0.25, 0.3) is 0 Å². The van der Waals surface area contributed by atoms with Gasteiger partial charge in [-0.2, -0.15) is 0 Å². The highest BCUT2D eigenvalue weighted by Crippen LogP contribution is 2.36. The SMILES string of the molecule is CNC[C@H]1Oc2c(NC(=O)C3CC3)cccc2C(=O)N([C@@H](C)CO)C[C@H]1C. The molecule has 7 heteroatoms. The van der Waals surface area contributed by atoms with Crippen LogP contribution in [0.3, 0.4) is 0 Å². The first-order valence-electron chi connectivity index (χ1n) is 9.63. The fourth-order valence-electron chi connectivity index (χ4n) is 3.37. The molecule has 3 N–H and O–H groups in total. The first kappa shape index (κ1) is 19.6. The summed E-state index contributed by atoms with van der Waals surface area (Å²) in [4.78, 5) is 27.2. The largest absolute Gasteiger partial charge is 0.486 e. The zero-order valence-corrected chi connectivity index (χ0v) is 16.2. The number of hydrogen-bond donors (Lipinski definition) is 3. The number of nitrogens with zero attached hydrogens (tertiary/aromatic N) is 1. The molecule has 1 aromatic carbocycles. The topological polar surface area (TPSA) is 90.9 Å². The summed E-state index contributed by atoms with van der Waals surface area (Å²) in [7, 11) is 1.86. The normalized spacial score (nSPS) is 23.7. The van der Waals surface area contributed by atoms with Gasteiger partial charge in [0.05, 0.1) is 23.9 Å². The first-order chi connectivity index (χ1) is 13.0. The number of ether oxygens (including phenoxy) is 1. The Hall–Kier alpha value is -2.12. The molecule has 27 heavy (non-hydrogen) atoms. The smallest absolute Gasteiger partial charge is 0.258 e. The molecule has 0 spiro atoms. The molecule has 3 rings (SSSR count). The van der Waals surface area contributed by atoms with Crippen LogP contribution in [0.2, 0.25) is 0 Å². The number of rotatable bonds is 6. The van der Waals surface area contributed by atoms with Crippen molar-refractivity contribution in [3.05, 3.63) is 23.8 Å². The van der Waals surface area contributed by atoms with E-state index in [0.717, 1.165) is 12.8 Å². The molecule has 148 valence electrons. The van der Waals surface area contributed by atoms with Crippen molar-refractivity contribution in [2.75, 3.05) is 32.1 Å². The van der Waals surface area contributed by atoms with Gasteiger partial charge in [-0.25, -0.2) is 0 Å². The monoisotopic (exact) mass is 375 g/mol. The van der Waals surface area contributed by atoms with E-state index in [-0.39, 0.29) is 42.4 Å². The second kappa shape index (κ2) is 8.27. The summed E-state index contributed by atoms with van der Waals surface area (Å²) < 4.78 is 6.27. The minimum atomic E-state index is -0.300. The molecule has 1 aromatic rings. The number of anilines is 1. The van der Waals surface area contributed by atoms with Crippen LogP contribution < -0.4 is 15.4 Å². The third kappa shape index (κ3) is 4.25. The van der Waals surface area contributed by atoms with E-state index >= 15 is 0 Å². The van der Waals surface area contributed by atoms with E-state index in [0.29, 0.717) is 30.1 Å². The van der Waals surface area contributed by atoms with Gasteiger partial charge in [-0.3, -0.25) is 9.59 Å². The third-order valence-corrected chi connectivity index (χ3v) is 5.30. The minimum absolute atomic E-state index is 0.0275. The minimum Gasteiger partial charge on any atom is -0.486 e. The number of carbonyl (C=O) groups excluding carboxylic acids is 2. The molecule has 1 saturated carbocycles. The van der Waals surface area contributed by atoms with Gasteiger partial charge in [-0.05, 0) is 38.9 Å². The number of fused-ring (bicyclic) bond motifs is 1. The van der Waals surface area contributed by atoms with Crippen molar-refractivity contribution in [2.24, 2.45) is 11.8 Å². The van der Waals surface area contributed by atoms with Crippen LogP contribution in [0.4, 0.5) is 5.69 Å². The lowest BCUT2D eigenvalue weighted by Gasteiger charge is -2.37. The molecule has 1 fully saturated rings. The molecule has 0 saturated heterocycles. The van der Waals surface area contributed by atoms with Crippen LogP contribution in [0.1, 0.15) is 37.0 Å². The molecule has 3 atom stereocenters. The van der Waals surface area contributed by atoms with Crippen LogP contribution in [0, 0.1) is 11.8 Å². The summed E-state index contributed by atoms with van der Waals surface area (Å²) in [6, 6.07) is 4.94. The Labute approximate surface area is 160 Å². The summed E-state index contributed by atoms with van der Waals surface area (Å²) in [6.45, 7) is 4.86. The zero-order valence-electron chi connectivity index (χ0n) is 16.2. The molecule has 1 aliphatic carbocycles. The average molecular weight is 375 g/mol. The maximum Gasteiger partial charge on any atom is 0.258 e. The standard InChI is InChI=1S/C20H29N3O4/c1-12-10-23(13(2)11-24)20(26)15-5-4-6-16(22-19(25)14-7-8-14)18(15)27-17(12)9-21-3/h4-6,12-14,17,21,24H,7-11H2,1-3H3,(H,22,25)/t12-,13+,17-/m1/s1. The molecule has 0 unspecified atom stereocenters. The van der Waals surface area contributed by atoms with Crippen molar-refractivity contribution < 1.29 is 19.4 Å². The Morgan fingerprint density at radius 1 is 1.41 bits per heavy atom. The Morgan fingerprint density at radius 2 is 2.15 bits per heavy atom. The van der Waals surface area contributed by atoms with Crippen LogP contribution in [0.15, 0.2) is 18.2 Å². The highest BCUT2D eigenvalue weighted by molar-refractivity contribution is 6.02. The van der Waals surface area contributed by atoms with Gasteiger partial charge in [0.25, 0.3) is 5.91 Å². The van der Waals surface area contributed by atoms with Crippen LogP contribution in [-0.2, 0) is 4.79 Å². The van der Waals surface area contributed by atoms with Crippen LogP contribution in [-0.4, -0.2) is 60.7 Å². The van der Waals surface area contributed by atoms with Crippen LogP contribution >= 0.6 is 0 Å². The van der Waals surface area contributed by atoms with Gasteiger partial charge in [-0.15, -0.1) is 0 Å². The van der Waals surface area contributed by atoms with Gasteiger partial charge in [0, 0.05) is 24.9 Å². The molecule has 0 radical (unpaired) electrons. The van der Waals surface area contributed by atoms with E-state index in [1.54, 1.807) is 23.1 Å². The van der Waals surface area contributed by atoms with E-state index in [4.69, 9.17) is 4.74 Å². The number of aliphatic hydroxyl groups is 1. The number of aliphatic hydroxyl groups excluding tert-OH is 1. The molecule has 0 bridgehead atoms. The number of likely N-dealkylation sites (N-methyl/N-ethyl adjacent to an activating group) is 1. The molecule has 7 nitrogen and oxygen atoms in total. The van der Waals surface area contributed by atoms with Crippen molar-refractivity contribution in [1.29, 1.82) is 0 Å². The molecule has 1 heterocycles. The maximum atomic E-state index is 13.2. The summed E-state index contributed by atoms with van der Waals surface area (Å²) in [5, 5.41) is 15.7. The number of para-hydroxylation sites is 1. The van der Waals surface area contributed by atoms with E-state index in [1.807, 2.05) is 20.9 Å². The van der Waals surface area contributed by atoms with E-state index in [2.05, 4.69) is 10.6 Å².